The molecule has 1 N–H and O–H groups in total. The van der Waals surface area contributed by atoms with Crippen LogP contribution in [0.4, 0.5) is 5.13 Å². The Kier molecular flexibility index (Phi) is 7.50. The predicted molar refractivity (Wildman–Crippen MR) is 123 cm³/mol. The summed E-state index contributed by atoms with van der Waals surface area (Å²) in [6.07, 6.45) is 7.54. The molecular formula is C22H29N3O6S2. The Labute approximate surface area is 197 Å². The van der Waals surface area contributed by atoms with Crippen LogP contribution in [0, 0.1) is 5.92 Å². The van der Waals surface area contributed by atoms with Gasteiger partial charge in [-0.1, -0.05) is 12.8 Å². The number of carbonyl (C=O) groups is 2. The highest BCUT2D eigenvalue weighted by Crippen LogP contribution is 2.30. The third-order valence-corrected chi connectivity index (χ3v) is 8.90. The number of hydrogen-bond acceptors (Lipinski definition) is 8. The molecule has 2 aromatic rings. The number of anilines is 1. The van der Waals surface area contributed by atoms with E-state index >= 15 is 0 Å². The molecule has 11 heteroatoms. The second-order valence-electron chi connectivity index (χ2n) is 8.31. The molecule has 0 radical (unpaired) electrons. The van der Waals surface area contributed by atoms with Crippen molar-refractivity contribution in [1.82, 2.24) is 9.29 Å². The van der Waals surface area contributed by atoms with Crippen molar-refractivity contribution in [3.8, 4) is 0 Å². The second-order valence-corrected chi connectivity index (χ2v) is 11.3. The van der Waals surface area contributed by atoms with Gasteiger partial charge in [-0.15, -0.1) is 11.3 Å². The Bertz CT molecular complexity index is 1070. The summed E-state index contributed by atoms with van der Waals surface area (Å²) in [5.41, 5.74) is 1.11. The number of hydrogen-bond donors (Lipinski definition) is 1. The number of fused-ring (bicyclic) bond motifs is 1. The fraction of sp³-hybridized carbons (Fsp3) is 0.591. The van der Waals surface area contributed by atoms with Gasteiger partial charge in [0.25, 0.3) is 10.0 Å². The summed E-state index contributed by atoms with van der Waals surface area (Å²) in [4.78, 5) is 30.5. The number of nitrogens with zero attached hydrogens (tertiary/aromatic N) is 2. The van der Waals surface area contributed by atoms with Gasteiger partial charge in [-0.2, -0.15) is 4.31 Å². The van der Waals surface area contributed by atoms with Crippen molar-refractivity contribution in [1.29, 1.82) is 0 Å². The van der Waals surface area contributed by atoms with Crippen LogP contribution in [0.15, 0.2) is 21.6 Å². The Morgan fingerprint density at radius 2 is 1.91 bits per heavy atom. The molecule has 1 amide bonds. The average molecular weight is 496 g/mol. The van der Waals surface area contributed by atoms with Crippen LogP contribution < -0.4 is 5.32 Å². The quantitative estimate of drug-likeness (QED) is 0.608. The summed E-state index contributed by atoms with van der Waals surface area (Å²) in [5, 5.41) is 3.30. The smallest absolute Gasteiger partial charge is 0.374 e. The molecule has 2 aromatic heterocycles. The summed E-state index contributed by atoms with van der Waals surface area (Å²) in [5.74, 6) is -1.25. The molecule has 0 spiro atoms. The lowest BCUT2D eigenvalue weighted by Crippen LogP contribution is -2.41. The van der Waals surface area contributed by atoms with Crippen LogP contribution in [0.1, 0.15) is 66.6 Å². The summed E-state index contributed by atoms with van der Waals surface area (Å²) in [6, 6.07) is 2.55. The minimum atomic E-state index is -3.89. The maximum Gasteiger partial charge on any atom is 0.374 e. The van der Waals surface area contributed by atoms with Gasteiger partial charge >= 0.3 is 5.97 Å². The van der Waals surface area contributed by atoms with Crippen molar-refractivity contribution in [3.63, 3.8) is 0 Å². The molecule has 2 aliphatic rings. The lowest BCUT2D eigenvalue weighted by atomic mass is 9.97. The number of nitrogens with one attached hydrogen (secondary N) is 1. The first-order valence-corrected chi connectivity index (χ1v) is 13.7. The number of aromatic nitrogens is 1. The topological polar surface area (TPSA) is 119 Å². The molecule has 1 aliphatic carbocycles. The molecule has 0 aromatic carbocycles. The van der Waals surface area contributed by atoms with Gasteiger partial charge < -0.3 is 14.5 Å². The predicted octanol–water partition coefficient (Wildman–Crippen LogP) is 3.61. The van der Waals surface area contributed by atoms with Crippen molar-refractivity contribution < 1.29 is 27.2 Å². The van der Waals surface area contributed by atoms with Crippen LogP contribution in [0.2, 0.25) is 0 Å². The Hall–Kier alpha value is -2.24. The fourth-order valence-electron chi connectivity index (χ4n) is 4.22. The molecular weight excluding hydrogens is 466 g/mol. The fourth-order valence-corrected chi connectivity index (χ4v) is 6.66. The minimum Gasteiger partial charge on any atom is -0.460 e. The largest absolute Gasteiger partial charge is 0.460 e. The van der Waals surface area contributed by atoms with Crippen LogP contribution in [-0.2, 0) is 32.4 Å². The van der Waals surface area contributed by atoms with Gasteiger partial charge in [0, 0.05) is 23.9 Å². The SMILES string of the molecule is CCOC(=O)c1ccc(S(=O)(=O)N2CCC(C(=O)Nc3nc4c(s3)CCCCCC4)CC2)o1. The van der Waals surface area contributed by atoms with Gasteiger partial charge in [-0.25, -0.2) is 18.2 Å². The van der Waals surface area contributed by atoms with Crippen LogP contribution in [0.5, 0.6) is 0 Å². The van der Waals surface area contributed by atoms with E-state index in [1.165, 1.54) is 34.2 Å². The van der Waals surface area contributed by atoms with Gasteiger partial charge in [0.2, 0.25) is 16.8 Å². The number of furan rings is 1. The first kappa shape index (κ1) is 23.9. The van der Waals surface area contributed by atoms with Gasteiger partial charge in [0.15, 0.2) is 5.13 Å². The van der Waals surface area contributed by atoms with Gasteiger partial charge in [-0.3, -0.25) is 4.79 Å². The molecule has 33 heavy (non-hydrogen) atoms. The lowest BCUT2D eigenvalue weighted by Gasteiger charge is -2.29. The van der Waals surface area contributed by atoms with Gasteiger partial charge in [-0.05, 0) is 57.6 Å². The lowest BCUT2D eigenvalue weighted by molar-refractivity contribution is -0.120. The standard InChI is InChI=1S/C22H29N3O6S2/c1-2-30-21(27)17-9-10-19(31-17)33(28,29)25-13-11-15(12-14-25)20(26)24-22-23-16-7-5-3-4-6-8-18(16)32-22/h9-10,15H,2-8,11-14H2,1H3,(H,23,24,26). The van der Waals surface area contributed by atoms with Gasteiger partial charge in [0.1, 0.15) is 0 Å². The Balaban J connectivity index is 1.34. The molecule has 0 saturated carbocycles. The first-order valence-electron chi connectivity index (χ1n) is 11.4. The molecule has 3 heterocycles. The van der Waals surface area contributed by atoms with E-state index in [9.17, 15) is 18.0 Å². The number of sulfonamides is 1. The summed E-state index contributed by atoms with van der Waals surface area (Å²) in [6.45, 7) is 2.22. The third kappa shape index (κ3) is 5.47. The molecule has 180 valence electrons. The Morgan fingerprint density at radius 1 is 1.18 bits per heavy atom. The number of carbonyl (C=O) groups excluding carboxylic acids is 2. The molecule has 4 rings (SSSR count). The summed E-state index contributed by atoms with van der Waals surface area (Å²) in [7, 11) is -3.89. The van der Waals surface area contributed by atoms with E-state index in [-0.39, 0.29) is 42.4 Å². The van der Waals surface area contributed by atoms with Gasteiger partial charge in [0.05, 0.1) is 12.3 Å². The van der Waals surface area contributed by atoms with E-state index in [0.29, 0.717) is 18.0 Å². The minimum absolute atomic E-state index is 0.114. The highest BCUT2D eigenvalue weighted by atomic mass is 32.2. The monoisotopic (exact) mass is 495 g/mol. The normalized spacial score (nSPS) is 18.2. The van der Waals surface area contributed by atoms with Crippen LogP contribution in [0.3, 0.4) is 0 Å². The second kappa shape index (κ2) is 10.4. The average Bonchev–Trinajstić information content (AvgIpc) is 3.42. The zero-order valence-electron chi connectivity index (χ0n) is 18.7. The number of amides is 1. The molecule has 0 bridgehead atoms. The van der Waals surface area contributed by atoms with Crippen LogP contribution >= 0.6 is 11.3 Å². The summed E-state index contributed by atoms with van der Waals surface area (Å²) < 4.78 is 37.1. The molecule has 9 nitrogen and oxygen atoms in total. The molecule has 1 fully saturated rings. The number of aryl methyl sites for hydroxylation is 2. The van der Waals surface area contributed by atoms with Crippen molar-refractivity contribution in [2.75, 3.05) is 25.0 Å². The number of piperidine rings is 1. The molecule has 1 saturated heterocycles. The third-order valence-electron chi connectivity index (χ3n) is 6.05. The Morgan fingerprint density at radius 3 is 2.64 bits per heavy atom. The maximum atomic E-state index is 12.9. The molecule has 1 aliphatic heterocycles. The van der Waals surface area contributed by atoms with Crippen LogP contribution in [-0.4, -0.2) is 49.3 Å². The first-order chi connectivity index (χ1) is 15.9. The highest BCUT2D eigenvalue weighted by molar-refractivity contribution is 7.89. The van der Waals surface area contributed by atoms with E-state index < -0.39 is 16.0 Å². The van der Waals surface area contributed by atoms with E-state index in [4.69, 9.17) is 9.15 Å². The van der Waals surface area contributed by atoms with E-state index in [0.717, 1.165) is 31.4 Å². The van der Waals surface area contributed by atoms with Crippen molar-refractivity contribution in [3.05, 3.63) is 28.5 Å². The maximum absolute atomic E-state index is 12.9. The highest BCUT2D eigenvalue weighted by Gasteiger charge is 2.34. The number of rotatable bonds is 6. The van der Waals surface area contributed by atoms with Crippen molar-refractivity contribution >= 4 is 38.4 Å². The molecule has 0 unspecified atom stereocenters. The van der Waals surface area contributed by atoms with Crippen molar-refractivity contribution in [2.45, 2.75) is 63.4 Å². The zero-order valence-corrected chi connectivity index (χ0v) is 20.3. The number of thiazole rings is 1. The molecule has 0 atom stereocenters. The van der Waals surface area contributed by atoms with Crippen LogP contribution in [0.25, 0.3) is 0 Å². The van der Waals surface area contributed by atoms with Crippen molar-refractivity contribution in [2.24, 2.45) is 5.92 Å². The van der Waals surface area contributed by atoms with E-state index in [2.05, 4.69) is 10.3 Å². The number of ether oxygens (including phenoxy) is 1. The number of esters is 1. The van der Waals surface area contributed by atoms with E-state index in [1.807, 2.05) is 0 Å². The van der Waals surface area contributed by atoms with E-state index in [1.54, 1.807) is 18.3 Å². The summed E-state index contributed by atoms with van der Waals surface area (Å²) >= 11 is 1.56. The zero-order chi connectivity index (χ0) is 23.4.